The first-order valence-corrected chi connectivity index (χ1v) is 8.17. The molecule has 0 unspecified atom stereocenters. The van der Waals surface area contributed by atoms with Gasteiger partial charge in [0.1, 0.15) is 5.75 Å². The van der Waals surface area contributed by atoms with E-state index in [1.54, 1.807) is 31.3 Å². The van der Waals surface area contributed by atoms with Crippen LogP contribution in [0.5, 0.6) is 5.75 Å². The number of nitrogens with zero attached hydrogens (tertiary/aromatic N) is 2. The van der Waals surface area contributed by atoms with Gasteiger partial charge in [0.15, 0.2) is 6.61 Å². The summed E-state index contributed by atoms with van der Waals surface area (Å²) in [6, 6.07) is 16.5. The van der Waals surface area contributed by atoms with E-state index in [9.17, 15) is 9.59 Å². The lowest BCUT2D eigenvalue weighted by Gasteiger charge is -2.17. The number of likely N-dealkylation sites (N-methyl/N-ethyl adjacent to an activating group) is 1. The molecule has 0 aromatic heterocycles. The summed E-state index contributed by atoms with van der Waals surface area (Å²) in [6.07, 6.45) is 0.331. The quantitative estimate of drug-likeness (QED) is 0.831. The number of anilines is 1. The molecule has 2 amide bonds. The molecule has 0 radical (unpaired) electrons. The van der Waals surface area contributed by atoms with Crippen LogP contribution in [0.4, 0.5) is 5.69 Å². The number of carbonyl (C=O) groups excluding carboxylic acids is 2. The van der Waals surface area contributed by atoms with E-state index in [2.05, 4.69) is 11.4 Å². The molecule has 6 heteroatoms. The summed E-state index contributed by atoms with van der Waals surface area (Å²) in [5, 5.41) is 11.4. The van der Waals surface area contributed by atoms with Crippen molar-refractivity contribution in [3.8, 4) is 11.8 Å². The van der Waals surface area contributed by atoms with E-state index >= 15 is 0 Å². The first-order valence-electron chi connectivity index (χ1n) is 8.17. The second-order valence-corrected chi connectivity index (χ2v) is 5.93. The average Bonchev–Trinajstić information content (AvgIpc) is 2.63. The maximum absolute atomic E-state index is 12.1. The zero-order valence-corrected chi connectivity index (χ0v) is 14.9. The summed E-state index contributed by atoms with van der Waals surface area (Å²) >= 11 is 0. The lowest BCUT2D eigenvalue weighted by Crippen LogP contribution is -2.37. The number of rotatable bonds is 7. The molecule has 6 nitrogen and oxygen atoms in total. The van der Waals surface area contributed by atoms with Crippen molar-refractivity contribution >= 4 is 17.5 Å². The fourth-order valence-electron chi connectivity index (χ4n) is 2.19. The molecule has 0 aliphatic heterocycles. The topological polar surface area (TPSA) is 82.4 Å². The van der Waals surface area contributed by atoms with E-state index in [1.807, 2.05) is 31.2 Å². The Labute approximate surface area is 153 Å². The molecule has 2 aromatic rings. The van der Waals surface area contributed by atoms with Crippen molar-refractivity contribution in [1.82, 2.24) is 4.90 Å². The maximum Gasteiger partial charge on any atom is 0.260 e. The molecule has 0 spiro atoms. The number of aryl methyl sites for hydroxylation is 1. The fraction of sp³-hybridized carbons (Fsp3) is 0.250. The summed E-state index contributed by atoms with van der Waals surface area (Å²) in [6.45, 7) is 1.75. The van der Waals surface area contributed by atoms with E-state index in [4.69, 9.17) is 10.00 Å². The molecule has 0 saturated heterocycles. The minimum absolute atomic E-state index is 0.0584. The number of nitrogens with one attached hydrogen (secondary N) is 1. The molecule has 2 rings (SSSR count). The zero-order chi connectivity index (χ0) is 18.9. The molecule has 0 atom stereocenters. The Morgan fingerprint density at radius 1 is 1.12 bits per heavy atom. The first-order chi connectivity index (χ1) is 12.5. The van der Waals surface area contributed by atoms with Gasteiger partial charge in [-0.05, 0) is 36.8 Å². The predicted molar refractivity (Wildman–Crippen MR) is 98.7 cm³/mol. The highest BCUT2D eigenvalue weighted by molar-refractivity contribution is 5.94. The van der Waals surface area contributed by atoms with Gasteiger partial charge in [-0.1, -0.05) is 29.8 Å². The highest BCUT2D eigenvalue weighted by Crippen LogP contribution is 2.12. The molecular formula is C20H21N3O3. The van der Waals surface area contributed by atoms with Crippen LogP contribution in [0.2, 0.25) is 0 Å². The van der Waals surface area contributed by atoms with E-state index < -0.39 is 0 Å². The molecule has 0 saturated carbocycles. The Hall–Kier alpha value is -3.33. The van der Waals surface area contributed by atoms with Crippen LogP contribution in [0.25, 0.3) is 0 Å². The lowest BCUT2D eigenvalue weighted by molar-refractivity contribution is -0.135. The minimum Gasteiger partial charge on any atom is -0.484 e. The number of ether oxygens (including phenoxy) is 1. The van der Waals surface area contributed by atoms with Crippen molar-refractivity contribution in [2.75, 3.05) is 25.5 Å². The third-order valence-electron chi connectivity index (χ3n) is 3.71. The van der Waals surface area contributed by atoms with Crippen LogP contribution in [0.15, 0.2) is 48.5 Å². The Bertz CT molecular complexity index is 793. The average molecular weight is 351 g/mol. The predicted octanol–water partition coefficient (Wildman–Crippen LogP) is 2.54. The third-order valence-corrected chi connectivity index (χ3v) is 3.71. The van der Waals surface area contributed by atoms with Crippen LogP contribution in [-0.4, -0.2) is 36.9 Å². The minimum atomic E-state index is -0.301. The number of benzene rings is 2. The van der Waals surface area contributed by atoms with E-state index in [1.165, 1.54) is 4.90 Å². The zero-order valence-electron chi connectivity index (χ0n) is 14.9. The Morgan fingerprint density at radius 3 is 2.38 bits per heavy atom. The largest absolute Gasteiger partial charge is 0.484 e. The second kappa shape index (κ2) is 9.23. The third kappa shape index (κ3) is 5.95. The van der Waals surface area contributed by atoms with Gasteiger partial charge in [0, 0.05) is 12.7 Å². The molecule has 26 heavy (non-hydrogen) atoms. The monoisotopic (exact) mass is 351 g/mol. The van der Waals surface area contributed by atoms with Crippen molar-refractivity contribution in [3.05, 3.63) is 59.7 Å². The van der Waals surface area contributed by atoms with Crippen molar-refractivity contribution < 1.29 is 14.3 Å². The first kappa shape index (κ1) is 19.0. The lowest BCUT2D eigenvalue weighted by atomic mass is 10.2. The Balaban J connectivity index is 1.78. The number of amides is 2. The van der Waals surface area contributed by atoms with E-state index in [0.29, 0.717) is 17.9 Å². The van der Waals surface area contributed by atoms with Gasteiger partial charge in [0.05, 0.1) is 19.0 Å². The summed E-state index contributed by atoms with van der Waals surface area (Å²) in [4.78, 5) is 25.4. The van der Waals surface area contributed by atoms with Gasteiger partial charge < -0.3 is 15.0 Å². The highest BCUT2D eigenvalue weighted by atomic mass is 16.5. The SMILES string of the molecule is Cc1ccc(NC(=O)CN(C)C(=O)COc2ccc(CC#N)cc2)cc1. The number of nitriles is 1. The summed E-state index contributed by atoms with van der Waals surface area (Å²) in [5.41, 5.74) is 2.68. The highest BCUT2D eigenvalue weighted by Gasteiger charge is 2.14. The van der Waals surface area contributed by atoms with Crippen LogP contribution in [0, 0.1) is 18.3 Å². The van der Waals surface area contributed by atoms with Gasteiger partial charge in [-0.2, -0.15) is 5.26 Å². The van der Waals surface area contributed by atoms with Gasteiger partial charge in [-0.25, -0.2) is 0 Å². The molecule has 0 aliphatic carbocycles. The molecule has 0 bridgehead atoms. The van der Waals surface area contributed by atoms with Crippen molar-refractivity contribution in [3.63, 3.8) is 0 Å². The Kier molecular flexibility index (Phi) is 6.75. The van der Waals surface area contributed by atoms with Crippen molar-refractivity contribution in [2.24, 2.45) is 0 Å². The number of hydrogen-bond donors (Lipinski definition) is 1. The summed E-state index contributed by atoms with van der Waals surface area (Å²) in [7, 11) is 1.55. The van der Waals surface area contributed by atoms with E-state index in [-0.39, 0.29) is 25.0 Å². The van der Waals surface area contributed by atoms with Crippen LogP contribution in [0.3, 0.4) is 0 Å². The second-order valence-electron chi connectivity index (χ2n) is 5.93. The molecule has 0 fully saturated rings. The van der Waals surface area contributed by atoms with E-state index in [0.717, 1.165) is 11.1 Å². The van der Waals surface area contributed by atoms with Crippen LogP contribution < -0.4 is 10.1 Å². The van der Waals surface area contributed by atoms with Gasteiger partial charge in [-0.3, -0.25) is 9.59 Å². The normalized spacial score (nSPS) is 9.88. The molecule has 0 aliphatic rings. The number of carbonyl (C=O) groups is 2. The standard InChI is InChI=1S/C20H21N3O3/c1-15-3-7-17(8-4-15)22-19(24)13-23(2)20(25)14-26-18-9-5-16(6-10-18)11-12-21/h3-10H,11,13-14H2,1-2H3,(H,22,24). The molecule has 1 N–H and O–H groups in total. The van der Waals surface area contributed by atoms with Gasteiger partial charge in [0.25, 0.3) is 5.91 Å². The van der Waals surface area contributed by atoms with Crippen molar-refractivity contribution in [1.29, 1.82) is 5.26 Å². The van der Waals surface area contributed by atoms with Crippen molar-refractivity contribution in [2.45, 2.75) is 13.3 Å². The van der Waals surface area contributed by atoms with Gasteiger partial charge >= 0.3 is 0 Å². The fourth-order valence-corrected chi connectivity index (χ4v) is 2.19. The van der Waals surface area contributed by atoms with Crippen LogP contribution >= 0.6 is 0 Å². The molecule has 0 heterocycles. The molecule has 134 valence electrons. The Morgan fingerprint density at radius 2 is 1.77 bits per heavy atom. The number of hydrogen-bond acceptors (Lipinski definition) is 4. The van der Waals surface area contributed by atoms with Crippen LogP contribution in [-0.2, 0) is 16.0 Å². The summed E-state index contributed by atoms with van der Waals surface area (Å²) < 4.78 is 5.43. The van der Waals surface area contributed by atoms with Gasteiger partial charge in [0.2, 0.25) is 5.91 Å². The molecular weight excluding hydrogens is 330 g/mol. The van der Waals surface area contributed by atoms with Crippen LogP contribution in [0.1, 0.15) is 11.1 Å². The van der Waals surface area contributed by atoms with Gasteiger partial charge in [-0.15, -0.1) is 0 Å². The smallest absolute Gasteiger partial charge is 0.260 e. The molecule has 2 aromatic carbocycles. The maximum atomic E-state index is 12.1. The summed E-state index contributed by atoms with van der Waals surface area (Å²) in [5.74, 6) is -0.0340.